The van der Waals surface area contributed by atoms with Crippen molar-refractivity contribution in [2.45, 2.75) is 70.9 Å². The number of likely N-dealkylation sites (tertiary alicyclic amines) is 1. The number of methoxy groups -OCH3 is 3. The van der Waals surface area contributed by atoms with Gasteiger partial charge < -0.3 is 29.2 Å². The number of nitrogens with one attached hydrogen (secondary N) is 1. The van der Waals surface area contributed by atoms with Crippen molar-refractivity contribution < 1.29 is 28.5 Å². The number of ether oxygens (including phenoxy) is 4. The van der Waals surface area contributed by atoms with Crippen molar-refractivity contribution in [1.29, 1.82) is 0 Å². The van der Waals surface area contributed by atoms with Gasteiger partial charge in [0.25, 0.3) is 5.91 Å². The number of amides is 2. The maximum Gasteiger partial charge on any atom is 0.410 e. The Kier molecular flexibility index (Phi) is 10.9. The van der Waals surface area contributed by atoms with Crippen molar-refractivity contribution in [3.05, 3.63) is 59.2 Å². The third-order valence-corrected chi connectivity index (χ3v) is 7.01. The Hall–Kier alpha value is -3.68. The van der Waals surface area contributed by atoms with Crippen LogP contribution < -0.4 is 19.5 Å². The largest absolute Gasteiger partial charge is 0.493 e. The highest BCUT2D eigenvalue weighted by atomic mass is 16.6. The fourth-order valence-corrected chi connectivity index (χ4v) is 5.11. The zero-order valence-electron chi connectivity index (χ0n) is 24.9. The molecule has 0 bridgehead atoms. The predicted molar refractivity (Wildman–Crippen MR) is 158 cm³/mol. The van der Waals surface area contributed by atoms with Gasteiger partial charge in [-0.25, -0.2) is 4.79 Å². The van der Waals surface area contributed by atoms with Crippen LogP contribution in [0.25, 0.3) is 6.08 Å². The van der Waals surface area contributed by atoms with Crippen molar-refractivity contribution in [3.8, 4) is 17.2 Å². The maximum atomic E-state index is 13.7. The van der Waals surface area contributed by atoms with Crippen LogP contribution in [0.3, 0.4) is 0 Å². The average Bonchev–Trinajstić information content (AvgIpc) is 3.41. The summed E-state index contributed by atoms with van der Waals surface area (Å²) in [5.74, 6) is 0.989. The van der Waals surface area contributed by atoms with Gasteiger partial charge in [0.15, 0.2) is 11.5 Å². The summed E-state index contributed by atoms with van der Waals surface area (Å²) in [7, 11) is 4.67. The molecule has 8 nitrogen and oxygen atoms in total. The van der Waals surface area contributed by atoms with Crippen LogP contribution >= 0.6 is 0 Å². The Bertz CT molecular complexity index is 1170. The third kappa shape index (κ3) is 7.71. The van der Waals surface area contributed by atoms with Crippen LogP contribution in [0.15, 0.2) is 42.5 Å². The normalized spacial score (nSPS) is 16.1. The molecule has 0 aromatic heterocycles. The van der Waals surface area contributed by atoms with E-state index in [1.54, 1.807) is 25.2 Å². The first-order valence-electron chi connectivity index (χ1n) is 14.0. The average molecular weight is 553 g/mol. The second-order valence-corrected chi connectivity index (χ2v) is 10.9. The van der Waals surface area contributed by atoms with Gasteiger partial charge in [0.2, 0.25) is 5.75 Å². The van der Waals surface area contributed by atoms with Gasteiger partial charge in [0, 0.05) is 30.6 Å². The molecule has 0 saturated carbocycles. The molecule has 1 aliphatic heterocycles. The minimum atomic E-state index is -0.550. The van der Waals surface area contributed by atoms with Gasteiger partial charge in [-0.3, -0.25) is 4.79 Å². The molecule has 2 unspecified atom stereocenters. The summed E-state index contributed by atoms with van der Waals surface area (Å²) < 4.78 is 22.6. The summed E-state index contributed by atoms with van der Waals surface area (Å²) >= 11 is 0. The van der Waals surface area contributed by atoms with E-state index in [2.05, 4.69) is 24.4 Å². The molecule has 2 atom stereocenters. The van der Waals surface area contributed by atoms with Crippen LogP contribution in [0.4, 0.5) is 4.79 Å². The number of carbonyl (C=O) groups excluding carboxylic acids is 2. The zero-order chi connectivity index (χ0) is 29.3. The van der Waals surface area contributed by atoms with E-state index >= 15 is 0 Å². The van der Waals surface area contributed by atoms with E-state index in [9.17, 15) is 9.59 Å². The highest BCUT2D eigenvalue weighted by molar-refractivity contribution is 5.98. The fraction of sp³-hybridized carbons (Fsp3) is 0.500. The smallest absolute Gasteiger partial charge is 0.410 e. The summed E-state index contributed by atoms with van der Waals surface area (Å²) in [5.41, 5.74) is 1.72. The fourth-order valence-electron chi connectivity index (χ4n) is 5.11. The van der Waals surface area contributed by atoms with E-state index < -0.39 is 5.60 Å². The number of hydrogen-bond donors (Lipinski definition) is 1. The molecule has 8 heteroatoms. The van der Waals surface area contributed by atoms with Gasteiger partial charge in [-0.1, -0.05) is 49.4 Å². The molecule has 1 saturated heterocycles. The van der Waals surface area contributed by atoms with Gasteiger partial charge >= 0.3 is 6.09 Å². The highest BCUT2D eigenvalue weighted by Gasteiger charge is 2.32. The van der Waals surface area contributed by atoms with Crippen molar-refractivity contribution in [2.24, 2.45) is 0 Å². The van der Waals surface area contributed by atoms with Crippen LogP contribution in [-0.4, -0.2) is 63.0 Å². The van der Waals surface area contributed by atoms with Crippen molar-refractivity contribution >= 4 is 18.1 Å². The van der Waals surface area contributed by atoms with Gasteiger partial charge in [-0.2, -0.15) is 0 Å². The van der Waals surface area contributed by atoms with Crippen LogP contribution in [-0.2, 0) is 4.74 Å². The van der Waals surface area contributed by atoms with E-state index in [4.69, 9.17) is 18.9 Å². The molecule has 2 aromatic rings. The molecule has 0 aliphatic carbocycles. The molecule has 1 aliphatic rings. The SMILES string of the molecule is CCC(C=Cc1ccccc1)c1c(C(=O)NCCC2CCCN2C(=O)OC(C)(C)C)cc(OC)c(OC)c1OC. The molecule has 3 rings (SSSR count). The van der Waals surface area contributed by atoms with Crippen LogP contribution in [0.1, 0.15) is 80.8 Å². The molecule has 218 valence electrons. The van der Waals surface area contributed by atoms with E-state index in [1.165, 1.54) is 7.11 Å². The molecule has 2 amide bonds. The molecule has 0 radical (unpaired) electrons. The second-order valence-electron chi connectivity index (χ2n) is 10.9. The second kappa shape index (κ2) is 14.1. The molecule has 1 N–H and O–H groups in total. The zero-order valence-corrected chi connectivity index (χ0v) is 24.9. The number of hydrogen-bond acceptors (Lipinski definition) is 6. The first-order valence-corrected chi connectivity index (χ1v) is 14.0. The lowest BCUT2D eigenvalue weighted by Gasteiger charge is -2.28. The third-order valence-electron chi connectivity index (χ3n) is 7.01. The first kappa shape index (κ1) is 30.9. The summed E-state index contributed by atoms with van der Waals surface area (Å²) in [4.78, 5) is 28.1. The van der Waals surface area contributed by atoms with Gasteiger partial charge in [-0.05, 0) is 58.1 Å². The molecule has 40 heavy (non-hydrogen) atoms. The minimum Gasteiger partial charge on any atom is -0.493 e. The van der Waals surface area contributed by atoms with E-state index in [0.717, 1.165) is 30.4 Å². The molecule has 0 spiro atoms. The Balaban J connectivity index is 1.86. The lowest BCUT2D eigenvalue weighted by atomic mass is 9.89. The number of rotatable bonds is 11. The Morgan fingerprint density at radius 1 is 1.07 bits per heavy atom. The van der Waals surface area contributed by atoms with E-state index in [0.29, 0.717) is 42.3 Å². The number of benzene rings is 2. The Morgan fingerprint density at radius 3 is 2.38 bits per heavy atom. The van der Waals surface area contributed by atoms with Crippen molar-refractivity contribution in [1.82, 2.24) is 10.2 Å². The Morgan fingerprint density at radius 2 is 1.77 bits per heavy atom. The number of carbonyl (C=O) groups is 2. The van der Waals surface area contributed by atoms with E-state index in [1.807, 2.05) is 51.1 Å². The van der Waals surface area contributed by atoms with Gasteiger partial charge in [0.05, 0.1) is 26.9 Å². The van der Waals surface area contributed by atoms with Crippen LogP contribution in [0.5, 0.6) is 17.2 Å². The van der Waals surface area contributed by atoms with Crippen LogP contribution in [0.2, 0.25) is 0 Å². The predicted octanol–water partition coefficient (Wildman–Crippen LogP) is 6.44. The first-order chi connectivity index (χ1) is 19.1. The van der Waals surface area contributed by atoms with E-state index in [-0.39, 0.29) is 24.0 Å². The molecule has 1 heterocycles. The van der Waals surface area contributed by atoms with Gasteiger partial charge in [0.1, 0.15) is 5.60 Å². The monoisotopic (exact) mass is 552 g/mol. The van der Waals surface area contributed by atoms with Crippen molar-refractivity contribution in [3.63, 3.8) is 0 Å². The molecular weight excluding hydrogens is 508 g/mol. The number of allylic oxidation sites excluding steroid dienone is 1. The molecular formula is C32H44N2O6. The Labute approximate surface area is 238 Å². The van der Waals surface area contributed by atoms with Gasteiger partial charge in [-0.15, -0.1) is 0 Å². The highest BCUT2D eigenvalue weighted by Crippen LogP contribution is 2.46. The van der Waals surface area contributed by atoms with Crippen LogP contribution in [0, 0.1) is 0 Å². The summed E-state index contributed by atoms with van der Waals surface area (Å²) in [6.45, 7) is 8.74. The lowest BCUT2D eigenvalue weighted by Crippen LogP contribution is -2.41. The minimum absolute atomic E-state index is 0.0201. The van der Waals surface area contributed by atoms with Crippen molar-refractivity contribution in [2.75, 3.05) is 34.4 Å². The summed E-state index contributed by atoms with van der Waals surface area (Å²) in [6.07, 6.45) is 7.01. The summed E-state index contributed by atoms with van der Waals surface area (Å²) in [6, 6.07) is 11.8. The quantitative estimate of drug-likeness (QED) is 0.345. The molecule has 2 aromatic carbocycles. The molecule has 1 fully saturated rings. The lowest BCUT2D eigenvalue weighted by molar-refractivity contribution is 0.0221. The standard InChI is InChI=1S/C32H44N2O6/c1-8-23(17-16-22-13-10-9-11-14-22)27-25(21-26(37-5)28(38-6)29(27)39-7)30(35)33-19-18-24-15-12-20-34(24)31(36)40-32(2,3)4/h9-11,13-14,16-17,21,23-24H,8,12,15,18-20H2,1-7H3,(H,33,35). The topological polar surface area (TPSA) is 86.3 Å². The maximum absolute atomic E-state index is 13.7. The number of nitrogens with zero attached hydrogens (tertiary/aromatic N) is 1. The summed E-state index contributed by atoms with van der Waals surface area (Å²) in [5, 5.41) is 3.07.